The Bertz CT molecular complexity index is 1070. The SMILES string of the molecule is [B]c1c(NC)c(O)c2oc(CC)c(C(=O)c3cc(Br)c(O)c(Br)c3)c2c1O. The molecule has 3 rings (SSSR count). The van der Waals surface area contributed by atoms with Gasteiger partial charge in [0.15, 0.2) is 17.1 Å². The normalized spacial score (nSPS) is 11.1. The van der Waals surface area contributed by atoms with Crippen LogP contribution in [0.4, 0.5) is 5.69 Å². The number of aromatic hydroxyl groups is 3. The van der Waals surface area contributed by atoms with Crippen molar-refractivity contribution in [3.05, 3.63) is 38.0 Å². The molecule has 138 valence electrons. The number of hydrogen-bond donors (Lipinski definition) is 4. The second-order valence-corrected chi connectivity index (χ2v) is 7.52. The summed E-state index contributed by atoms with van der Waals surface area (Å²) in [5.74, 6) is -0.824. The molecule has 1 heterocycles. The fourth-order valence-corrected chi connectivity index (χ4v) is 4.13. The number of ketones is 1. The van der Waals surface area contributed by atoms with Crippen LogP contribution in [0, 0.1) is 0 Å². The molecule has 0 spiro atoms. The molecule has 9 heteroatoms. The Morgan fingerprint density at radius 1 is 1.15 bits per heavy atom. The lowest BCUT2D eigenvalue weighted by atomic mass is 9.88. The molecule has 1 aromatic heterocycles. The van der Waals surface area contributed by atoms with E-state index in [1.807, 2.05) is 0 Å². The van der Waals surface area contributed by atoms with Gasteiger partial charge in [-0.25, -0.2) is 0 Å². The summed E-state index contributed by atoms with van der Waals surface area (Å²) in [5, 5.41) is 33.7. The summed E-state index contributed by atoms with van der Waals surface area (Å²) >= 11 is 6.39. The summed E-state index contributed by atoms with van der Waals surface area (Å²) in [6.45, 7) is 1.79. The molecular formula is C18H14BBr2NO5. The molecule has 2 radical (unpaired) electrons. The first-order valence-electron chi connectivity index (χ1n) is 7.92. The van der Waals surface area contributed by atoms with E-state index >= 15 is 0 Å². The third-order valence-electron chi connectivity index (χ3n) is 4.27. The molecule has 0 saturated heterocycles. The number of rotatable bonds is 4. The molecule has 0 aliphatic rings. The maximum absolute atomic E-state index is 13.2. The van der Waals surface area contributed by atoms with E-state index < -0.39 is 5.78 Å². The molecule has 4 N–H and O–H groups in total. The van der Waals surface area contributed by atoms with Crippen molar-refractivity contribution >= 4 is 67.6 Å². The predicted octanol–water partition coefficient (Wildman–Crippen LogP) is 3.70. The Kier molecular flexibility index (Phi) is 5.18. The number of halogens is 2. The van der Waals surface area contributed by atoms with Gasteiger partial charge >= 0.3 is 0 Å². The predicted molar refractivity (Wildman–Crippen MR) is 111 cm³/mol. The molecule has 27 heavy (non-hydrogen) atoms. The molecule has 0 aliphatic heterocycles. The average molecular weight is 495 g/mol. The topological polar surface area (TPSA) is 103 Å². The fourth-order valence-electron chi connectivity index (χ4n) is 2.95. The number of phenolic OH excluding ortho intramolecular Hbond substituents is 3. The van der Waals surface area contributed by atoms with E-state index in [2.05, 4.69) is 37.2 Å². The third-order valence-corrected chi connectivity index (χ3v) is 5.48. The largest absolute Gasteiger partial charge is 0.508 e. The lowest BCUT2D eigenvalue weighted by Gasteiger charge is -2.12. The van der Waals surface area contributed by atoms with Crippen molar-refractivity contribution in [1.82, 2.24) is 0 Å². The van der Waals surface area contributed by atoms with E-state index in [0.717, 1.165) is 0 Å². The van der Waals surface area contributed by atoms with Crippen molar-refractivity contribution in [3.63, 3.8) is 0 Å². The number of carbonyl (C=O) groups is 1. The standard InChI is InChI=1S/C18H14BBr2NO5/c1-3-9-10(14(23)6-4-7(20)15(24)8(21)5-6)11-16(25)12(19)13(22-2)17(26)18(11)27-9/h4-5,22,24-26H,3H2,1-2H3. The number of hydrogen-bond acceptors (Lipinski definition) is 6. The molecular weight excluding hydrogens is 481 g/mol. The van der Waals surface area contributed by atoms with Crippen LogP contribution in [0.15, 0.2) is 25.5 Å². The van der Waals surface area contributed by atoms with E-state index in [1.54, 1.807) is 6.92 Å². The molecule has 6 nitrogen and oxygen atoms in total. The van der Waals surface area contributed by atoms with Crippen LogP contribution in [0.5, 0.6) is 17.2 Å². The number of phenols is 3. The smallest absolute Gasteiger partial charge is 0.197 e. The molecule has 0 fully saturated rings. The highest BCUT2D eigenvalue weighted by atomic mass is 79.9. The first-order valence-corrected chi connectivity index (χ1v) is 9.50. The zero-order valence-corrected chi connectivity index (χ0v) is 17.5. The van der Waals surface area contributed by atoms with Crippen LogP contribution in [0.1, 0.15) is 28.6 Å². The van der Waals surface area contributed by atoms with Gasteiger partial charge in [0.1, 0.15) is 25.1 Å². The minimum absolute atomic E-state index is 0.0249. The first-order chi connectivity index (χ1) is 12.7. The molecule has 0 bridgehead atoms. The Labute approximate surface area is 172 Å². The van der Waals surface area contributed by atoms with Crippen molar-refractivity contribution in [2.24, 2.45) is 0 Å². The summed E-state index contributed by atoms with van der Waals surface area (Å²) in [4.78, 5) is 13.2. The van der Waals surface area contributed by atoms with Crippen LogP contribution in [0.3, 0.4) is 0 Å². The molecule has 0 atom stereocenters. The molecule has 0 amide bonds. The first kappa shape index (κ1) is 19.6. The lowest BCUT2D eigenvalue weighted by molar-refractivity contribution is 0.103. The highest BCUT2D eigenvalue weighted by Gasteiger charge is 2.28. The van der Waals surface area contributed by atoms with Gasteiger partial charge in [-0.2, -0.15) is 0 Å². The third kappa shape index (κ3) is 2.98. The van der Waals surface area contributed by atoms with Crippen molar-refractivity contribution < 1.29 is 24.5 Å². The van der Waals surface area contributed by atoms with Gasteiger partial charge in [-0.1, -0.05) is 6.92 Å². The highest BCUT2D eigenvalue weighted by molar-refractivity contribution is 9.11. The maximum atomic E-state index is 13.2. The Balaban J connectivity index is 2.36. The average Bonchev–Trinajstić information content (AvgIpc) is 3.03. The summed E-state index contributed by atoms with van der Waals surface area (Å²) in [6, 6.07) is 2.92. The van der Waals surface area contributed by atoms with E-state index in [1.165, 1.54) is 19.2 Å². The van der Waals surface area contributed by atoms with Crippen LogP contribution in [0.2, 0.25) is 0 Å². The van der Waals surface area contributed by atoms with E-state index in [-0.39, 0.29) is 50.5 Å². The Morgan fingerprint density at radius 3 is 2.26 bits per heavy atom. The van der Waals surface area contributed by atoms with Gasteiger partial charge in [-0.05, 0) is 49.5 Å². The Morgan fingerprint density at radius 2 is 1.74 bits per heavy atom. The fraction of sp³-hybridized carbons (Fsp3) is 0.167. The van der Waals surface area contributed by atoms with Crippen LogP contribution in [-0.2, 0) is 6.42 Å². The van der Waals surface area contributed by atoms with Crippen LogP contribution in [0.25, 0.3) is 11.0 Å². The van der Waals surface area contributed by atoms with Crippen LogP contribution >= 0.6 is 31.9 Å². The van der Waals surface area contributed by atoms with Crippen molar-refractivity contribution in [1.29, 1.82) is 0 Å². The number of nitrogens with one attached hydrogen (secondary N) is 1. The minimum Gasteiger partial charge on any atom is -0.508 e. The van der Waals surface area contributed by atoms with Gasteiger partial charge < -0.3 is 25.1 Å². The summed E-state index contributed by atoms with van der Waals surface area (Å²) in [6.07, 6.45) is 0.351. The van der Waals surface area contributed by atoms with Crippen molar-refractivity contribution in [2.75, 3.05) is 12.4 Å². The quantitative estimate of drug-likeness (QED) is 0.191. The summed E-state index contributed by atoms with van der Waals surface area (Å²) < 4.78 is 6.34. The van der Waals surface area contributed by atoms with Gasteiger partial charge in [0.2, 0.25) is 0 Å². The van der Waals surface area contributed by atoms with Crippen molar-refractivity contribution in [2.45, 2.75) is 13.3 Å². The van der Waals surface area contributed by atoms with E-state index in [4.69, 9.17) is 12.3 Å². The van der Waals surface area contributed by atoms with Gasteiger partial charge in [0, 0.05) is 19.0 Å². The molecule has 0 unspecified atom stereocenters. The molecule has 2 aromatic carbocycles. The van der Waals surface area contributed by atoms with Gasteiger partial charge in [-0.3, -0.25) is 4.79 Å². The zero-order valence-electron chi connectivity index (χ0n) is 14.4. The highest BCUT2D eigenvalue weighted by Crippen LogP contribution is 2.43. The molecule has 0 aliphatic carbocycles. The minimum atomic E-state index is -0.446. The number of anilines is 1. The maximum Gasteiger partial charge on any atom is 0.197 e. The van der Waals surface area contributed by atoms with Gasteiger partial charge in [0.05, 0.1) is 25.6 Å². The summed E-state index contributed by atoms with van der Waals surface area (Å²) in [7, 11) is 7.45. The lowest BCUT2D eigenvalue weighted by Crippen LogP contribution is -2.12. The summed E-state index contributed by atoms with van der Waals surface area (Å²) in [5.41, 5.74) is 0.361. The van der Waals surface area contributed by atoms with Crippen molar-refractivity contribution in [3.8, 4) is 17.2 Å². The van der Waals surface area contributed by atoms with Gasteiger partial charge in [0.25, 0.3) is 0 Å². The Hall–Kier alpha value is -2.13. The molecule has 0 saturated carbocycles. The number of furan rings is 1. The van der Waals surface area contributed by atoms with Crippen LogP contribution < -0.4 is 10.8 Å². The van der Waals surface area contributed by atoms with E-state index in [9.17, 15) is 20.1 Å². The zero-order chi connectivity index (χ0) is 20.0. The number of carbonyl (C=O) groups excluding carboxylic acids is 1. The van der Waals surface area contributed by atoms with Crippen LogP contribution in [-0.4, -0.2) is 36.0 Å². The number of aryl methyl sites for hydroxylation is 1. The monoisotopic (exact) mass is 493 g/mol. The number of benzene rings is 2. The molecule has 3 aromatic rings. The second-order valence-electron chi connectivity index (χ2n) is 5.81. The van der Waals surface area contributed by atoms with E-state index in [0.29, 0.717) is 21.1 Å². The second kappa shape index (κ2) is 7.12. The number of fused-ring (bicyclic) bond motifs is 1. The van der Waals surface area contributed by atoms with Gasteiger partial charge in [-0.15, -0.1) is 0 Å².